The van der Waals surface area contributed by atoms with Crippen molar-refractivity contribution >= 4 is 17.8 Å². The summed E-state index contributed by atoms with van der Waals surface area (Å²) in [5.74, 6) is -0.802. The topological polar surface area (TPSA) is 80.5 Å². The van der Waals surface area contributed by atoms with Crippen molar-refractivity contribution < 1.29 is 22.8 Å². The van der Waals surface area contributed by atoms with Gasteiger partial charge >= 0.3 is 18.3 Å². The van der Waals surface area contributed by atoms with Gasteiger partial charge in [0, 0.05) is 5.69 Å². The van der Waals surface area contributed by atoms with E-state index in [0.29, 0.717) is 11.8 Å². The molecule has 1 amide bonds. The summed E-state index contributed by atoms with van der Waals surface area (Å²) in [7, 11) is 0. The van der Waals surface area contributed by atoms with E-state index in [1.807, 2.05) is 0 Å². The molecule has 0 aliphatic heterocycles. The molecule has 0 radical (unpaired) electrons. The number of nitrogens with zero attached hydrogens (tertiary/aromatic N) is 4. The number of halogens is 3. The molecule has 0 aliphatic rings. The molecular formula is C17H11F3N4O. The van der Waals surface area contributed by atoms with Crippen LogP contribution in [-0.2, 0) is 17.5 Å². The van der Waals surface area contributed by atoms with E-state index < -0.39 is 23.2 Å². The summed E-state index contributed by atoms with van der Waals surface area (Å²) in [4.78, 5) is 15.8. The third-order valence-corrected chi connectivity index (χ3v) is 3.36. The van der Waals surface area contributed by atoms with Gasteiger partial charge in [0.25, 0.3) is 0 Å². The van der Waals surface area contributed by atoms with Crippen LogP contribution in [0.2, 0.25) is 0 Å². The Morgan fingerprint density at radius 1 is 1.24 bits per heavy atom. The van der Waals surface area contributed by atoms with Crippen molar-refractivity contribution in [2.75, 3.05) is 4.90 Å². The molecule has 0 aliphatic carbocycles. The van der Waals surface area contributed by atoms with Gasteiger partial charge in [-0.15, -0.1) is 0 Å². The third kappa shape index (κ3) is 4.31. The van der Waals surface area contributed by atoms with E-state index in [9.17, 15) is 18.0 Å². The van der Waals surface area contributed by atoms with Gasteiger partial charge in [0.05, 0.1) is 23.7 Å². The Morgan fingerprint density at radius 3 is 2.48 bits per heavy atom. The first kappa shape index (κ1) is 17.9. The molecule has 8 heteroatoms. The van der Waals surface area contributed by atoms with E-state index in [1.54, 1.807) is 30.3 Å². The predicted molar refractivity (Wildman–Crippen MR) is 83.5 cm³/mol. The minimum absolute atomic E-state index is 0.0328. The minimum atomic E-state index is -4.74. The smallest absolute Gasteiger partial charge is 0.361 e. The maximum atomic E-state index is 13.1. The van der Waals surface area contributed by atoms with E-state index in [0.717, 1.165) is 17.0 Å². The highest BCUT2D eigenvalue weighted by Gasteiger charge is 2.34. The van der Waals surface area contributed by atoms with E-state index in [1.165, 1.54) is 12.1 Å². The van der Waals surface area contributed by atoms with Gasteiger partial charge in [-0.25, -0.2) is 0 Å². The fourth-order valence-electron chi connectivity index (χ4n) is 2.21. The summed E-state index contributed by atoms with van der Waals surface area (Å²) in [5.41, 5.74) is 7.48. The molecule has 0 spiro atoms. The summed E-state index contributed by atoms with van der Waals surface area (Å²) in [6.45, 7) is -0.0328. The monoisotopic (exact) mass is 344 g/mol. The summed E-state index contributed by atoms with van der Waals surface area (Å²) in [6.07, 6.45) is -4.15. The van der Waals surface area contributed by atoms with Crippen LogP contribution in [0.15, 0.2) is 48.5 Å². The summed E-state index contributed by atoms with van der Waals surface area (Å²) in [6, 6.07) is 13.0. The van der Waals surface area contributed by atoms with Gasteiger partial charge in [0.15, 0.2) is 0 Å². The standard InChI is InChI=1S/C17H11F3N4O/c18-17(19,20)15-8-14(7-6-13(15)9-21)24(16(25)10-23-22)11-12-4-2-1-3-5-12/h1-8,10H,11H2. The molecule has 2 aromatic rings. The highest BCUT2D eigenvalue weighted by Crippen LogP contribution is 2.34. The van der Waals surface area contributed by atoms with Crippen molar-refractivity contribution in [3.05, 3.63) is 70.8 Å². The van der Waals surface area contributed by atoms with Gasteiger partial charge in [-0.2, -0.15) is 23.2 Å². The number of benzene rings is 2. The number of hydrogen-bond acceptors (Lipinski definition) is 2. The van der Waals surface area contributed by atoms with E-state index in [-0.39, 0.29) is 12.2 Å². The molecule has 5 nitrogen and oxygen atoms in total. The van der Waals surface area contributed by atoms with Crippen LogP contribution < -0.4 is 4.90 Å². The predicted octanol–water partition coefficient (Wildman–Crippen LogP) is 3.41. The summed E-state index contributed by atoms with van der Waals surface area (Å²) in [5, 5.41) is 8.86. The molecule has 25 heavy (non-hydrogen) atoms. The molecule has 0 bridgehead atoms. The molecule has 0 N–H and O–H groups in total. The maximum absolute atomic E-state index is 13.1. The molecule has 2 rings (SSSR count). The molecule has 0 atom stereocenters. The fraction of sp³-hybridized carbons (Fsp3) is 0.118. The van der Waals surface area contributed by atoms with Crippen LogP contribution in [0.1, 0.15) is 16.7 Å². The number of anilines is 1. The third-order valence-electron chi connectivity index (χ3n) is 3.36. The highest BCUT2D eigenvalue weighted by atomic mass is 19.4. The molecule has 0 fully saturated rings. The second kappa shape index (κ2) is 7.43. The van der Waals surface area contributed by atoms with Crippen LogP contribution in [0.4, 0.5) is 18.9 Å². The lowest BCUT2D eigenvalue weighted by Gasteiger charge is -2.21. The van der Waals surface area contributed by atoms with Crippen molar-refractivity contribution in [3.63, 3.8) is 0 Å². The molecular weight excluding hydrogens is 333 g/mol. The second-order valence-electron chi connectivity index (χ2n) is 4.99. The first-order chi connectivity index (χ1) is 11.9. The average Bonchev–Trinajstić information content (AvgIpc) is 2.59. The zero-order valence-electron chi connectivity index (χ0n) is 12.7. The first-order valence-corrected chi connectivity index (χ1v) is 7.01. The fourth-order valence-corrected chi connectivity index (χ4v) is 2.21. The highest BCUT2D eigenvalue weighted by molar-refractivity contribution is 6.30. The lowest BCUT2D eigenvalue weighted by molar-refractivity contribution is -0.137. The van der Waals surface area contributed by atoms with Crippen molar-refractivity contribution in [2.24, 2.45) is 0 Å². The van der Waals surface area contributed by atoms with Crippen molar-refractivity contribution in [1.82, 2.24) is 0 Å². The van der Waals surface area contributed by atoms with Gasteiger partial charge in [-0.3, -0.25) is 9.69 Å². The Hall–Kier alpha value is -3.43. The molecule has 0 saturated carbocycles. The molecule has 0 unspecified atom stereocenters. The number of amides is 1. The zero-order valence-corrected chi connectivity index (χ0v) is 12.7. The number of carbonyl (C=O) groups excluding carboxylic acids is 1. The molecule has 126 valence electrons. The van der Waals surface area contributed by atoms with E-state index >= 15 is 0 Å². The van der Waals surface area contributed by atoms with E-state index in [4.69, 9.17) is 10.8 Å². The second-order valence-corrected chi connectivity index (χ2v) is 4.99. The minimum Gasteiger partial charge on any atom is -0.361 e. The Balaban J connectivity index is 2.52. The molecule has 0 heterocycles. The lowest BCUT2D eigenvalue weighted by atomic mass is 10.1. The van der Waals surface area contributed by atoms with Gasteiger partial charge in [0.1, 0.15) is 0 Å². The van der Waals surface area contributed by atoms with Gasteiger partial charge < -0.3 is 5.53 Å². The Bertz CT molecular complexity index is 866. The normalized spacial score (nSPS) is 10.5. The van der Waals surface area contributed by atoms with Crippen LogP contribution in [-0.4, -0.2) is 16.9 Å². The van der Waals surface area contributed by atoms with Gasteiger partial charge in [-0.05, 0) is 23.8 Å². The molecule has 0 aromatic heterocycles. The quantitative estimate of drug-likeness (QED) is 0.484. The van der Waals surface area contributed by atoms with Crippen molar-refractivity contribution in [1.29, 1.82) is 5.26 Å². The Morgan fingerprint density at radius 2 is 1.92 bits per heavy atom. The number of hydrogen-bond donors (Lipinski definition) is 0. The van der Waals surface area contributed by atoms with Crippen LogP contribution in [0.3, 0.4) is 0 Å². The van der Waals surface area contributed by atoms with Gasteiger partial charge in [-0.1, -0.05) is 30.3 Å². The van der Waals surface area contributed by atoms with Crippen molar-refractivity contribution in [3.8, 4) is 6.07 Å². The SMILES string of the molecule is N#Cc1ccc(N(Cc2ccccc2)C(=O)C=[N+]=[N-])cc1C(F)(F)F. The summed E-state index contributed by atoms with van der Waals surface area (Å²) >= 11 is 0. The molecule has 0 saturated heterocycles. The van der Waals surface area contributed by atoms with Gasteiger partial charge in [0.2, 0.25) is 0 Å². The number of alkyl halides is 3. The van der Waals surface area contributed by atoms with Crippen LogP contribution >= 0.6 is 0 Å². The Kier molecular flexibility index (Phi) is 5.32. The largest absolute Gasteiger partial charge is 0.417 e. The Labute approximate surface area is 141 Å². The van der Waals surface area contributed by atoms with Crippen LogP contribution in [0, 0.1) is 11.3 Å². The number of rotatable bonds is 4. The maximum Gasteiger partial charge on any atom is 0.417 e. The lowest BCUT2D eigenvalue weighted by Crippen LogP contribution is -2.31. The van der Waals surface area contributed by atoms with Crippen molar-refractivity contribution in [2.45, 2.75) is 12.7 Å². The first-order valence-electron chi connectivity index (χ1n) is 7.01. The summed E-state index contributed by atoms with van der Waals surface area (Å²) < 4.78 is 39.4. The van der Waals surface area contributed by atoms with Crippen LogP contribution in [0.5, 0.6) is 0 Å². The molecule has 2 aromatic carbocycles. The number of carbonyl (C=O) groups is 1. The zero-order chi connectivity index (χ0) is 18.4. The number of nitriles is 1. The van der Waals surface area contributed by atoms with E-state index in [2.05, 4.69) is 4.79 Å². The average molecular weight is 344 g/mol. The van der Waals surface area contributed by atoms with Crippen LogP contribution in [0.25, 0.3) is 5.53 Å².